The highest BCUT2D eigenvalue weighted by molar-refractivity contribution is 8.00. The van der Waals surface area contributed by atoms with Crippen LogP contribution >= 0.6 is 11.8 Å². The van der Waals surface area contributed by atoms with E-state index in [-0.39, 0.29) is 0 Å². The van der Waals surface area contributed by atoms with Crippen LogP contribution in [-0.2, 0) is 0 Å². The molecular formula is C9H18S. The summed E-state index contributed by atoms with van der Waals surface area (Å²) in [6, 6.07) is 0. The first-order valence-electron chi connectivity index (χ1n) is 4.24. The van der Waals surface area contributed by atoms with Crippen molar-refractivity contribution in [2.75, 3.05) is 5.75 Å². The second kappa shape index (κ2) is 3.17. The third-order valence-corrected chi connectivity index (χ3v) is 3.96. The standard InChI is InChI=1S/C9H18S/c1-8-5-4-6-9(2,3)10-7-8/h8H,4-7H2,1-3H3. The highest BCUT2D eigenvalue weighted by atomic mass is 32.2. The van der Waals surface area contributed by atoms with E-state index in [0.29, 0.717) is 4.75 Å². The minimum absolute atomic E-state index is 0.560. The van der Waals surface area contributed by atoms with E-state index in [1.165, 1.54) is 25.0 Å². The van der Waals surface area contributed by atoms with Crippen molar-refractivity contribution in [2.24, 2.45) is 5.92 Å². The maximum absolute atomic E-state index is 2.37. The summed E-state index contributed by atoms with van der Waals surface area (Å²) in [5.74, 6) is 2.32. The molecule has 1 aliphatic rings. The van der Waals surface area contributed by atoms with Crippen LogP contribution in [0, 0.1) is 5.92 Å². The molecule has 0 saturated carbocycles. The molecule has 60 valence electrons. The largest absolute Gasteiger partial charge is 0.155 e. The van der Waals surface area contributed by atoms with Gasteiger partial charge in [0, 0.05) is 4.75 Å². The lowest BCUT2D eigenvalue weighted by Gasteiger charge is -2.20. The van der Waals surface area contributed by atoms with Crippen molar-refractivity contribution in [3.63, 3.8) is 0 Å². The van der Waals surface area contributed by atoms with Gasteiger partial charge < -0.3 is 0 Å². The molecule has 0 radical (unpaired) electrons. The average molecular weight is 158 g/mol. The van der Waals surface area contributed by atoms with Crippen molar-refractivity contribution in [3.8, 4) is 0 Å². The van der Waals surface area contributed by atoms with E-state index in [1.807, 2.05) is 0 Å². The molecule has 10 heavy (non-hydrogen) atoms. The zero-order chi connectivity index (χ0) is 7.61. The third kappa shape index (κ3) is 2.53. The Bertz CT molecular complexity index is 107. The maximum Gasteiger partial charge on any atom is 0.0103 e. The van der Waals surface area contributed by atoms with Crippen LogP contribution in [0.4, 0.5) is 0 Å². The molecule has 1 heterocycles. The Hall–Kier alpha value is 0.350. The van der Waals surface area contributed by atoms with Gasteiger partial charge in [0.15, 0.2) is 0 Å². The fourth-order valence-electron chi connectivity index (χ4n) is 1.40. The second-order valence-corrected chi connectivity index (χ2v) is 5.80. The molecule has 1 fully saturated rings. The molecular weight excluding hydrogens is 140 g/mol. The van der Waals surface area contributed by atoms with E-state index in [9.17, 15) is 0 Å². The van der Waals surface area contributed by atoms with Crippen molar-refractivity contribution in [1.29, 1.82) is 0 Å². The summed E-state index contributed by atoms with van der Waals surface area (Å²) < 4.78 is 0.560. The first-order chi connectivity index (χ1) is 4.60. The van der Waals surface area contributed by atoms with Crippen molar-refractivity contribution in [1.82, 2.24) is 0 Å². The molecule has 1 saturated heterocycles. The van der Waals surface area contributed by atoms with Gasteiger partial charge in [-0.15, -0.1) is 0 Å². The van der Waals surface area contributed by atoms with Crippen LogP contribution in [-0.4, -0.2) is 10.5 Å². The highest BCUT2D eigenvalue weighted by Gasteiger charge is 2.22. The van der Waals surface area contributed by atoms with Gasteiger partial charge in [0.25, 0.3) is 0 Å². The monoisotopic (exact) mass is 158 g/mol. The van der Waals surface area contributed by atoms with Crippen LogP contribution < -0.4 is 0 Å². The van der Waals surface area contributed by atoms with E-state index in [1.54, 1.807) is 0 Å². The van der Waals surface area contributed by atoms with Gasteiger partial charge in [0.2, 0.25) is 0 Å². The molecule has 0 bridgehead atoms. The maximum atomic E-state index is 2.37. The first-order valence-corrected chi connectivity index (χ1v) is 5.23. The zero-order valence-electron chi connectivity index (χ0n) is 7.31. The topological polar surface area (TPSA) is 0 Å². The summed E-state index contributed by atoms with van der Waals surface area (Å²) in [7, 11) is 0. The molecule has 0 aromatic heterocycles. The lowest BCUT2D eigenvalue weighted by Crippen LogP contribution is -2.13. The Morgan fingerprint density at radius 2 is 2.10 bits per heavy atom. The van der Waals surface area contributed by atoms with E-state index < -0.39 is 0 Å². The molecule has 1 heteroatoms. The normalized spacial score (nSPS) is 33.3. The van der Waals surface area contributed by atoms with Crippen molar-refractivity contribution >= 4 is 11.8 Å². The molecule has 1 aliphatic heterocycles. The van der Waals surface area contributed by atoms with Crippen LogP contribution in [0.5, 0.6) is 0 Å². The van der Waals surface area contributed by atoms with Gasteiger partial charge in [-0.1, -0.05) is 27.2 Å². The fourth-order valence-corrected chi connectivity index (χ4v) is 2.59. The molecule has 0 amide bonds. The number of rotatable bonds is 0. The minimum atomic E-state index is 0.560. The van der Waals surface area contributed by atoms with E-state index >= 15 is 0 Å². The van der Waals surface area contributed by atoms with E-state index in [0.717, 1.165) is 5.92 Å². The van der Waals surface area contributed by atoms with E-state index in [2.05, 4.69) is 32.5 Å². The van der Waals surface area contributed by atoms with Gasteiger partial charge >= 0.3 is 0 Å². The Morgan fingerprint density at radius 3 is 2.80 bits per heavy atom. The summed E-state index contributed by atoms with van der Waals surface area (Å²) in [5.41, 5.74) is 0. The van der Waals surface area contributed by atoms with Gasteiger partial charge in [0.05, 0.1) is 0 Å². The Kier molecular flexibility index (Phi) is 2.67. The second-order valence-electron chi connectivity index (χ2n) is 4.07. The van der Waals surface area contributed by atoms with Gasteiger partial charge in [0.1, 0.15) is 0 Å². The number of hydrogen-bond donors (Lipinski definition) is 0. The lowest BCUT2D eigenvalue weighted by atomic mass is 10.0. The van der Waals surface area contributed by atoms with Gasteiger partial charge in [-0.05, 0) is 24.5 Å². The Labute approximate surface area is 68.8 Å². The summed E-state index contributed by atoms with van der Waals surface area (Å²) >= 11 is 2.15. The molecule has 0 aromatic rings. The third-order valence-electron chi connectivity index (χ3n) is 2.23. The lowest BCUT2D eigenvalue weighted by molar-refractivity contribution is 0.529. The van der Waals surface area contributed by atoms with E-state index in [4.69, 9.17) is 0 Å². The predicted molar refractivity (Wildman–Crippen MR) is 49.6 cm³/mol. The molecule has 0 aromatic carbocycles. The van der Waals surface area contributed by atoms with Gasteiger partial charge in [-0.3, -0.25) is 0 Å². The first kappa shape index (κ1) is 8.45. The fraction of sp³-hybridized carbons (Fsp3) is 1.00. The molecule has 1 atom stereocenters. The predicted octanol–water partition coefficient (Wildman–Crippen LogP) is 3.32. The summed E-state index contributed by atoms with van der Waals surface area (Å²) in [5, 5.41) is 0. The molecule has 0 N–H and O–H groups in total. The molecule has 1 rings (SSSR count). The Balaban J connectivity index is 2.41. The van der Waals surface area contributed by atoms with Gasteiger partial charge in [-0.25, -0.2) is 0 Å². The van der Waals surface area contributed by atoms with Crippen LogP contribution in [0.25, 0.3) is 0 Å². The molecule has 0 nitrogen and oxygen atoms in total. The summed E-state index contributed by atoms with van der Waals surface area (Å²) in [4.78, 5) is 0. The van der Waals surface area contributed by atoms with Crippen LogP contribution in [0.15, 0.2) is 0 Å². The van der Waals surface area contributed by atoms with Crippen molar-refractivity contribution in [2.45, 2.75) is 44.8 Å². The zero-order valence-corrected chi connectivity index (χ0v) is 8.13. The van der Waals surface area contributed by atoms with Crippen LogP contribution in [0.1, 0.15) is 40.0 Å². The number of hydrogen-bond acceptors (Lipinski definition) is 1. The Morgan fingerprint density at radius 1 is 1.40 bits per heavy atom. The minimum Gasteiger partial charge on any atom is -0.155 e. The molecule has 0 aliphatic carbocycles. The van der Waals surface area contributed by atoms with Crippen LogP contribution in [0.2, 0.25) is 0 Å². The summed E-state index contributed by atoms with van der Waals surface area (Å²) in [6.45, 7) is 7.11. The van der Waals surface area contributed by atoms with Crippen LogP contribution in [0.3, 0.4) is 0 Å². The quantitative estimate of drug-likeness (QED) is 0.521. The smallest absolute Gasteiger partial charge is 0.0103 e. The average Bonchev–Trinajstić information content (AvgIpc) is 1.94. The van der Waals surface area contributed by atoms with Crippen molar-refractivity contribution in [3.05, 3.63) is 0 Å². The molecule has 0 spiro atoms. The SMILES string of the molecule is CC1CCCC(C)(C)SC1. The molecule has 1 unspecified atom stereocenters. The van der Waals surface area contributed by atoms with Gasteiger partial charge in [-0.2, -0.15) is 11.8 Å². The van der Waals surface area contributed by atoms with Crippen molar-refractivity contribution < 1.29 is 0 Å². The number of thioether (sulfide) groups is 1. The highest BCUT2D eigenvalue weighted by Crippen LogP contribution is 2.35. The summed E-state index contributed by atoms with van der Waals surface area (Å²) in [6.07, 6.45) is 4.28.